The van der Waals surface area contributed by atoms with Crippen molar-refractivity contribution in [2.45, 2.75) is 12.5 Å². The van der Waals surface area contributed by atoms with E-state index in [-0.39, 0.29) is 31.4 Å². The first-order valence-electron chi connectivity index (χ1n) is 6.53. The van der Waals surface area contributed by atoms with Gasteiger partial charge in [-0.25, -0.2) is 4.39 Å². The number of morpholine rings is 1. The van der Waals surface area contributed by atoms with E-state index in [2.05, 4.69) is 0 Å². The van der Waals surface area contributed by atoms with Gasteiger partial charge in [0.1, 0.15) is 11.6 Å². The van der Waals surface area contributed by atoms with E-state index in [9.17, 15) is 14.0 Å². The van der Waals surface area contributed by atoms with E-state index in [1.165, 1.54) is 29.2 Å². The topological polar surface area (TPSA) is 76.1 Å². The van der Waals surface area contributed by atoms with Crippen LogP contribution < -0.4 is 4.74 Å². The number of amides is 1. The molecule has 0 spiro atoms. The maximum Gasteiger partial charge on any atom is 0.305 e. The molecule has 1 atom stereocenters. The largest absolute Gasteiger partial charge is 0.484 e. The minimum atomic E-state index is -0.984. The molecule has 6 nitrogen and oxygen atoms in total. The molecule has 0 saturated carbocycles. The number of aliphatic carboxylic acids is 1. The van der Waals surface area contributed by atoms with Crippen LogP contribution in [0.25, 0.3) is 0 Å². The normalized spacial score (nSPS) is 18.3. The fraction of sp³-hybridized carbons (Fsp3) is 0.429. The van der Waals surface area contributed by atoms with Crippen molar-refractivity contribution in [2.75, 3.05) is 26.4 Å². The van der Waals surface area contributed by atoms with Gasteiger partial charge < -0.3 is 19.5 Å². The predicted molar refractivity (Wildman–Crippen MR) is 70.5 cm³/mol. The van der Waals surface area contributed by atoms with Crippen LogP contribution >= 0.6 is 0 Å². The summed E-state index contributed by atoms with van der Waals surface area (Å²) in [5, 5.41) is 8.84. The average Bonchev–Trinajstić information content (AvgIpc) is 2.46. The molecule has 2 rings (SSSR count). The molecule has 1 heterocycles. The van der Waals surface area contributed by atoms with E-state index in [1.54, 1.807) is 0 Å². The first-order chi connectivity index (χ1) is 10.1. The van der Waals surface area contributed by atoms with Gasteiger partial charge in [0, 0.05) is 6.54 Å². The SMILES string of the molecule is O=C(O)CC1COCCN1C(=O)COc1ccc(F)cc1. The number of rotatable bonds is 5. The standard InChI is InChI=1S/C14H16FNO5/c15-10-1-3-12(4-2-10)21-9-13(17)16-5-6-20-8-11(16)7-14(18)19/h1-4,11H,5-9H2,(H,18,19). The van der Waals surface area contributed by atoms with Crippen molar-refractivity contribution in [1.29, 1.82) is 0 Å². The molecule has 1 saturated heterocycles. The third kappa shape index (κ3) is 4.42. The van der Waals surface area contributed by atoms with Crippen molar-refractivity contribution in [1.82, 2.24) is 4.90 Å². The third-order valence-corrected chi connectivity index (χ3v) is 3.13. The maximum absolute atomic E-state index is 12.7. The van der Waals surface area contributed by atoms with Gasteiger partial charge in [0.25, 0.3) is 5.91 Å². The Labute approximate surface area is 121 Å². The lowest BCUT2D eigenvalue weighted by Crippen LogP contribution is -2.51. The summed E-state index contributed by atoms with van der Waals surface area (Å²) in [6.45, 7) is 0.693. The predicted octanol–water partition coefficient (Wildman–Crippen LogP) is 0.907. The Bertz CT molecular complexity index is 505. The molecule has 7 heteroatoms. The molecule has 1 aliphatic rings. The van der Waals surface area contributed by atoms with Gasteiger partial charge in [-0.3, -0.25) is 9.59 Å². The Kier molecular flexibility index (Phi) is 5.10. The summed E-state index contributed by atoms with van der Waals surface area (Å²) in [5.41, 5.74) is 0. The molecule has 1 fully saturated rings. The number of hydrogen-bond donors (Lipinski definition) is 1. The van der Waals surface area contributed by atoms with Crippen LogP contribution in [-0.4, -0.2) is 54.3 Å². The highest BCUT2D eigenvalue weighted by Crippen LogP contribution is 2.14. The first kappa shape index (κ1) is 15.2. The molecule has 0 aliphatic carbocycles. The van der Waals surface area contributed by atoms with Crippen molar-refractivity contribution in [3.05, 3.63) is 30.1 Å². The number of carbonyl (C=O) groups excluding carboxylic acids is 1. The molecular weight excluding hydrogens is 281 g/mol. The number of carboxylic acids is 1. The van der Waals surface area contributed by atoms with E-state index in [0.29, 0.717) is 18.9 Å². The number of carboxylic acid groups (broad SMARTS) is 1. The van der Waals surface area contributed by atoms with Gasteiger partial charge >= 0.3 is 5.97 Å². The van der Waals surface area contributed by atoms with Crippen LogP contribution in [0.1, 0.15) is 6.42 Å². The molecule has 1 amide bonds. The Morgan fingerprint density at radius 2 is 2.10 bits per heavy atom. The Balaban J connectivity index is 1.91. The van der Waals surface area contributed by atoms with Gasteiger partial charge in [-0.1, -0.05) is 0 Å². The van der Waals surface area contributed by atoms with Crippen LogP contribution in [0.2, 0.25) is 0 Å². The van der Waals surface area contributed by atoms with E-state index in [0.717, 1.165) is 0 Å². The number of carbonyl (C=O) groups is 2. The summed E-state index contributed by atoms with van der Waals surface area (Å²) in [7, 11) is 0. The van der Waals surface area contributed by atoms with E-state index < -0.39 is 12.0 Å². The van der Waals surface area contributed by atoms with Gasteiger partial charge in [-0.2, -0.15) is 0 Å². The molecule has 0 aromatic heterocycles. The molecule has 21 heavy (non-hydrogen) atoms. The van der Waals surface area contributed by atoms with Crippen molar-refractivity contribution in [3.63, 3.8) is 0 Å². The highest BCUT2D eigenvalue weighted by atomic mass is 19.1. The van der Waals surface area contributed by atoms with Crippen LogP contribution in [0.15, 0.2) is 24.3 Å². The van der Waals surface area contributed by atoms with Gasteiger partial charge in [0.2, 0.25) is 0 Å². The van der Waals surface area contributed by atoms with E-state index in [1.807, 2.05) is 0 Å². The molecule has 1 aromatic rings. The van der Waals surface area contributed by atoms with Gasteiger partial charge in [0.15, 0.2) is 6.61 Å². The zero-order valence-corrected chi connectivity index (χ0v) is 11.3. The van der Waals surface area contributed by atoms with Crippen molar-refractivity contribution < 1.29 is 28.6 Å². The second kappa shape index (κ2) is 7.03. The van der Waals surface area contributed by atoms with Gasteiger partial charge in [-0.15, -0.1) is 0 Å². The third-order valence-electron chi connectivity index (χ3n) is 3.13. The Morgan fingerprint density at radius 1 is 1.38 bits per heavy atom. The number of hydrogen-bond acceptors (Lipinski definition) is 4. The molecule has 1 aromatic carbocycles. The summed E-state index contributed by atoms with van der Waals surface area (Å²) in [6, 6.07) is 4.84. The minimum Gasteiger partial charge on any atom is -0.484 e. The van der Waals surface area contributed by atoms with Crippen LogP contribution in [0.5, 0.6) is 5.75 Å². The maximum atomic E-state index is 12.7. The molecular formula is C14H16FNO5. The second-order valence-corrected chi connectivity index (χ2v) is 4.66. The Hall–Kier alpha value is -2.15. The van der Waals surface area contributed by atoms with Gasteiger partial charge in [0.05, 0.1) is 25.7 Å². The lowest BCUT2D eigenvalue weighted by atomic mass is 10.1. The van der Waals surface area contributed by atoms with Crippen LogP contribution in [-0.2, 0) is 14.3 Å². The average molecular weight is 297 g/mol. The summed E-state index contributed by atoms with van der Waals surface area (Å²) in [5.74, 6) is -1.30. The lowest BCUT2D eigenvalue weighted by molar-refractivity contribution is -0.147. The van der Waals surface area contributed by atoms with Crippen molar-refractivity contribution >= 4 is 11.9 Å². The summed E-state index contributed by atoms with van der Waals surface area (Å²) < 4.78 is 23.2. The lowest BCUT2D eigenvalue weighted by Gasteiger charge is -2.34. The number of benzene rings is 1. The highest BCUT2D eigenvalue weighted by Gasteiger charge is 2.29. The number of halogens is 1. The number of nitrogens with zero attached hydrogens (tertiary/aromatic N) is 1. The smallest absolute Gasteiger partial charge is 0.305 e. The van der Waals surface area contributed by atoms with E-state index in [4.69, 9.17) is 14.6 Å². The second-order valence-electron chi connectivity index (χ2n) is 4.66. The molecule has 1 aliphatic heterocycles. The first-order valence-corrected chi connectivity index (χ1v) is 6.53. The van der Waals surface area contributed by atoms with Crippen molar-refractivity contribution in [3.8, 4) is 5.75 Å². The quantitative estimate of drug-likeness (QED) is 0.874. The van der Waals surface area contributed by atoms with Crippen LogP contribution in [0.4, 0.5) is 4.39 Å². The summed E-state index contributed by atoms with van der Waals surface area (Å²) in [4.78, 5) is 24.4. The molecule has 1 N–H and O–H groups in total. The zero-order chi connectivity index (χ0) is 15.2. The number of ether oxygens (including phenoxy) is 2. The summed E-state index contributed by atoms with van der Waals surface area (Å²) >= 11 is 0. The van der Waals surface area contributed by atoms with Crippen LogP contribution in [0.3, 0.4) is 0 Å². The molecule has 0 bridgehead atoms. The minimum absolute atomic E-state index is 0.164. The van der Waals surface area contributed by atoms with Crippen LogP contribution in [0, 0.1) is 5.82 Å². The molecule has 1 unspecified atom stereocenters. The summed E-state index contributed by atoms with van der Waals surface area (Å²) in [6.07, 6.45) is -0.164. The fourth-order valence-corrected chi connectivity index (χ4v) is 2.11. The van der Waals surface area contributed by atoms with Crippen molar-refractivity contribution in [2.24, 2.45) is 0 Å². The molecule has 0 radical (unpaired) electrons. The highest BCUT2D eigenvalue weighted by molar-refractivity contribution is 5.79. The van der Waals surface area contributed by atoms with Gasteiger partial charge in [-0.05, 0) is 24.3 Å². The zero-order valence-electron chi connectivity index (χ0n) is 11.3. The van der Waals surface area contributed by atoms with E-state index >= 15 is 0 Å². The monoisotopic (exact) mass is 297 g/mol. The fourth-order valence-electron chi connectivity index (χ4n) is 2.11. The Morgan fingerprint density at radius 3 is 2.76 bits per heavy atom. The molecule has 114 valence electrons.